The molecular weight excluding hydrogens is 356 g/mol. The number of esters is 1. The summed E-state index contributed by atoms with van der Waals surface area (Å²) in [6, 6.07) is 7.18. The summed E-state index contributed by atoms with van der Waals surface area (Å²) >= 11 is 0. The van der Waals surface area contributed by atoms with E-state index in [0.717, 1.165) is 49.8 Å². The summed E-state index contributed by atoms with van der Waals surface area (Å²) in [5, 5.41) is 0. The van der Waals surface area contributed by atoms with Gasteiger partial charge in [-0.3, -0.25) is 4.79 Å². The Labute approximate surface area is 166 Å². The lowest BCUT2D eigenvalue weighted by molar-refractivity contribution is -0.185. The van der Waals surface area contributed by atoms with Crippen LogP contribution < -0.4 is 4.74 Å². The summed E-state index contributed by atoms with van der Waals surface area (Å²) < 4.78 is 16.6. The Kier molecular flexibility index (Phi) is 7.51. The van der Waals surface area contributed by atoms with Crippen LogP contribution in [0.5, 0.6) is 5.75 Å². The fraction of sp³-hybridized carbons (Fsp3) is 0.500. The van der Waals surface area contributed by atoms with Crippen LogP contribution in [0, 0.1) is 0 Å². The third kappa shape index (κ3) is 6.39. The second-order valence-electron chi connectivity index (χ2n) is 7.17. The monoisotopic (exact) mass is 384 g/mol. The minimum atomic E-state index is -0.334. The zero-order valence-corrected chi connectivity index (χ0v) is 16.6. The number of aryl methyl sites for hydroxylation is 1. The van der Waals surface area contributed by atoms with Crippen LogP contribution in [0.1, 0.15) is 51.5 Å². The molecule has 0 saturated carbocycles. The summed E-state index contributed by atoms with van der Waals surface area (Å²) in [6.07, 6.45) is 10.2. The van der Waals surface area contributed by atoms with Crippen molar-refractivity contribution < 1.29 is 19.0 Å². The number of aromatic nitrogens is 2. The number of ether oxygens (including phenoxy) is 3. The van der Waals surface area contributed by atoms with Crippen LogP contribution in [0.3, 0.4) is 0 Å². The molecule has 1 saturated heterocycles. The largest absolute Gasteiger partial charge is 0.427 e. The van der Waals surface area contributed by atoms with Gasteiger partial charge in [0.25, 0.3) is 0 Å². The number of carbonyl (C=O) groups excluding carboxylic acids is 1. The molecule has 28 heavy (non-hydrogen) atoms. The number of nitrogens with zero attached hydrogens (tertiary/aromatic N) is 2. The van der Waals surface area contributed by atoms with Gasteiger partial charge in [0.15, 0.2) is 12.1 Å². The number of hydrogen-bond donors (Lipinski definition) is 0. The molecule has 1 fully saturated rings. The fourth-order valence-electron chi connectivity index (χ4n) is 3.21. The molecule has 1 aromatic heterocycles. The van der Waals surface area contributed by atoms with E-state index >= 15 is 0 Å². The lowest BCUT2D eigenvalue weighted by Gasteiger charge is -2.26. The Morgan fingerprint density at radius 3 is 2.61 bits per heavy atom. The molecule has 2 heterocycles. The minimum Gasteiger partial charge on any atom is -0.427 e. The van der Waals surface area contributed by atoms with Gasteiger partial charge in [-0.25, -0.2) is 9.97 Å². The first kappa shape index (κ1) is 20.4. The van der Waals surface area contributed by atoms with Crippen molar-refractivity contribution >= 4 is 5.97 Å². The van der Waals surface area contributed by atoms with E-state index in [1.165, 1.54) is 13.3 Å². The molecule has 0 bridgehead atoms. The molecule has 6 heteroatoms. The number of hydrogen-bond acceptors (Lipinski definition) is 6. The van der Waals surface area contributed by atoms with Crippen molar-refractivity contribution in [2.75, 3.05) is 6.61 Å². The van der Waals surface area contributed by atoms with Crippen molar-refractivity contribution in [3.63, 3.8) is 0 Å². The van der Waals surface area contributed by atoms with Crippen molar-refractivity contribution in [3.05, 3.63) is 42.2 Å². The molecule has 0 amide bonds. The molecule has 2 unspecified atom stereocenters. The first-order chi connectivity index (χ1) is 13.6. The first-order valence-electron chi connectivity index (χ1n) is 9.97. The van der Waals surface area contributed by atoms with Gasteiger partial charge in [-0.15, -0.1) is 0 Å². The summed E-state index contributed by atoms with van der Waals surface area (Å²) in [5.74, 6) is 0.839. The van der Waals surface area contributed by atoms with Crippen LogP contribution in [-0.4, -0.2) is 34.9 Å². The molecule has 1 aromatic carbocycles. The van der Waals surface area contributed by atoms with E-state index in [1.54, 1.807) is 12.1 Å². The van der Waals surface area contributed by atoms with Gasteiger partial charge in [-0.2, -0.15) is 0 Å². The van der Waals surface area contributed by atoms with Gasteiger partial charge in [-0.05, 0) is 75.3 Å². The average Bonchev–Trinajstić information content (AvgIpc) is 2.69. The number of rotatable bonds is 8. The third-order valence-electron chi connectivity index (χ3n) is 4.68. The molecule has 2 aromatic rings. The normalized spacial score (nSPS) is 17.9. The minimum absolute atomic E-state index is 0.0291. The van der Waals surface area contributed by atoms with Crippen LogP contribution in [-0.2, 0) is 20.7 Å². The molecule has 0 N–H and O–H groups in total. The Morgan fingerprint density at radius 2 is 1.96 bits per heavy atom. The van der Waals surface area contributed by atoms with Gasteiger partial charge in [0, 0.05) is 31.5 Å². The molecular formula is C22H28N2O4. The summed E-state index contributed by atoms with van der Waals surface area (Å²) in [4.78, 5) is 19.9. The van der Waals surface area contributed by atoms with Crippen molar-refractivity contribution in [2.24, 2.45) is 0 Å². The Hall–Kier alpha value is -2.31. The van der Waals surface area contributed by atoms with Gasteiger partial charge in [-0.1, -0.05) is 0 Å². The van der Waals surface area contributed by atoms with Crippen molar-refractivity contribution in [3.8, 4) is 17.1 Å². The van der Waals surface area contributed by atoms with E-state index in [1.807, 2.05) is 24.5 Å². The van der Waals surface area contributed by atoms with Crippen LogP contribution >= 0.6 is 0 Å². The average molecular weight is 384 g/mol. The SMILES string of the molecule is CC(=O)Oc1ccc(-c2ncc(CCCC(C)OC3CCCCO3)cn2)cc1. The van der Waals surface area contributed by atoms with E-state index in [-0.39, 0.29) is 18.4 Å². The Bertz CT molecular complexity index is 740. The van der Waals surface area contributed by atoms with Crippen LogP contribution in [0.2, 0.25) is 0 Å². The predicted molar refractivity (Wildman–Crippen MR) is 106 cm³/mol. The zero-order valence-electron chi connectivity index (χ0n) is 16.6. The van der Waals surface area contributed by atoms with Gasteiger partial charge in [0.1, 0.15) is 5.75 Å². The number of carbonyl (C=O) groups is 1. The summed E-state index contributed by atoms with van der Waals surface area (Å²) in [6.45, 7) is 4.30. The lowest BCUT2D eigenvalue weighted by atomic mass is 10.1. The third-order valence-corrected chi connectivity index (χ3v) is 4.68. The van der Waals surface area contributed by atoms with Crippen molar-refractivity contribution in [1.82, 2.24) is 9.97 Å². The highest BCUT2D eigenvalue weighted by Gasteiger charge is 2.17. The highest BCUT2D eigenvalue weighted by molar-refractivity contribution is 5.69. The summed E-state index contributed by atoms with van der Waals surface area (Å²) in [5.41, 5.74) is 2.00. The first-order valence-corrected chi connectivity index (χ1v) is 9.97. The predicted octanol–water partition coefficient (Wildman–Crippen LogP) is 4.32. The lowest BCUT2D eigenvalue weighted by Crippen LogP contribution is -2.26. The van der Waals surface area contributed by atoms with Gasteiger partial charge in [0.05, 0.1) is 6.10 Å². The highest BCUT2D eigenvalue weighted by atomic mass is 16.7. The van der Waals surface area contributed by atoms with E-state index < -0.39 is 0 Å². The molecule has 1 aliphatic rings. The molecule has 0 radical (unpaired) electrons. The Balaban J connectivity index is 1.44. The van der Waals surface area contributed by atoms with Gasteiger partial charge < -0.3 is 14.2 Å². The quantitative estimate of drug-likeness (QED) is 0.498. The maximum atomic E-state index is 11.0. The van der Waals surface area contributed by atoms with Crippen LogP contribution in [0.4, 0.5) is 0 Å². The van der Waals surface area contributed by atoms with Crippen molar-refractivity contribution in [2.45, 2.75) is 64.8 Å². The molecule has 1 aliphatic heterocycles. The van der Waals surface area contributed by atoms with Gasteiger partial charge in [0.2, 0.25) is 0 Å². The van der Waals surface area contributed by atoms with E-state index in [9.17, 15) is 4.79 Å². The zero-order chi connectivity index (χ0) is 19.8. The van der Waals surface area contributed by atoms with Crippen molar-refractivity contribution in [1.29, 1.82) is 0 Å². The highest BCUT2D eigenvalue weighted by Crippen LogP contribution is 2.20. The van der Waals surface area contributed by atoms with Gasteiger partial charge >= 0.3 is 5.97 Å². The smallest absolute Gasteiger partial charge is 0.308 e. The fourth-order valence-corrected chi connectivity index (χ4v) is 3.21. The second-order valence-corrected chi connectivity index (χ2v) is 7.17. The molecule has 2 atom stereocenters. The summed E-state index contributed by atoms with van der Waals surface area (Å²) in [7, 11) is 0. The molecule has 0 spiro atoms. The van der Waals surface area contributed by atoms with E-state index in [2.05, 4.69) is 16.9 Å². The van der Waals surface area contributed by atoms with Crippen LogP contribution in [0.25, 0.3) is 11.4 Å². The number of benzene rings is 1. The topological polar surface area (TPSA) is 70.5 Å². The molecule has 6 nitrogen and oxygen atoms in total. The van der Waals surface area contributed by atoms with E-state index in [4.69, 9.17) is 14.2 Å². The van der Waals surface area contributed by atoms with E-state index in [0.29, 0.717) is 11.6 Å². The maximum absolute atomic E-state index is 11.0. The molecule has 0 aliphatic carbocycles. The maximum Gasteiger partial charge on any atom is 0.308 e. The molecule has 150 valence electrons. The van der Waals surface area contributed by atoms with Crippen LogP contribution in [0.15, 0.2) is 36.7 Å². The standard InChI is InChI=1S/C22H28N2O4/c1-16(27-21-8-3-4-13-26-21)6-5-7-18-14-23-22(24-15-18)19-9-11-20(12-10-19)28-17(2)25/h9-12,14-16,21H,3-8,13H2,1-2H3. The molecule has 3 rings (SSSR count). The Morgan fingerprint density at radius 1 is 1.21 bits per heavy atom. The second kappa shape index (κ2) is 10.3.